The first-order valence-corrected chi connectivity index (χ1v) is 4.64. The molecule has 66 valence electrons. The average molecular weight is 177 g/mol. The van der Waals surface area contributed by atoms with E-state index in [0.717, 1.165) is 5.75 Å². The molecule has 0 saturated heterocycles. The quantitative estimate of drug-likeness (QED) is 0.615. The number of likely N-dealkylation sites (N-methyl/N-ethyl adjacent to an activating group) is 1. The maximum atomic E-state index is 10.5. The van der Waals surface area contributed by atoms with Crippen molar-refractivity contribution in [1.82, 2.24) is 5.32 Å². The van der Waals surface area contributed by atoms with E-state index in [1.165, 1.54) is 11.8 Å². The van der Waals surface area contributed by atoms with Gasteiger partial charge in [-0.1, -0.05) is 13.8 Å². The number of nitrogens with one attached hydrogen (secondary N) is 1. The van der Waals surface area contributed by atoms with Gasteiger partial charge in [0.2, 0.25) is 0 Å². The van der Waals surface area contributed by atoms with E-state index in [1.54, 1.807) is 7.05 Å². The van der Waals surface area contributed by atoms with Gasteiger partial charge in [-0.3, -0.25) is 5.32 Å². The molecular formula is C7H15NO2S. The number of hydrogen-bond donors (Lipinski definition) is 2. The first-order chi connectivity index (χ1) is 5.07. The Kier molecular flexibility index (Phi) is 5.32. The van der Waals surface area contributed by atoms with Crippen molar-refractivity contribution in [3.8, 4) is 0 Å². The molecule has 11 heavy (non-hydrogen) atoms. The molecule has 0 rings (SSSR count). The Labute approximate surface area is 71.6 Å². The lowest BCUT2D eigenvalue weighted by molar-refractivity contribution is -0.136. The molecular weight excluding hydrogens is 162 g/mol. The van der Waals surface area contributed by atoms with Gasteiger partial charge >= 0.3 is 5.97 Å². The van der Waals surface area contributed by atoms with E-state index in [4.69, 9.17) is 5.11 Å². The molecule has 0 aromatic carbocycles. The first-order valence-electron chi connectivity index (χ1n) is 3.59. The smallest absolute Gasteiger partial charge is 0.331 e. The second-order valence-corrected chi connectivity index (χ2v) is 3.87. The van der Waals surface area contributed by atoms with Crippen LogP contribution in [0.3, 0.4) is 0 Å². The summed E-state index contributed by atoms with van der Waals surface area (Å²) in [6, 6.07) is 0. The van der Waals surface area contributed by atoms with Gasteiger partial charge in [-0.15, -0.1) is 11.8 Å². The molecule has 2 N–H and O–H groups in total. The predicted molar refractivity (Wildman–Crippen MR) is 47.8 cm³/mol. The second kappa shape index (κ2) is 5.43. The van der Waals surface area contributed by atoms with Crippen LogP contribution in [0.4, 0.5) is 0 Å². The summed E-state index contributed by atoms with van der Waals surface area (Å²) in [5.41, 5.74) is 0. The molecule has 0 aliphatic heterocycles. The van der Waals surface area contributed by atoms with Crippen molar-refractivity contribution in [2.45, 2.75) is 19.2 Å². The average Bonchev–Trinajstić information content (AvgIpc) is 1.87. The monoisotopic (exact) mass is 177 g/mol. The summed E-state index contributed by atoms with van der Waals surface area (Å²) >= 11 is 1.43. The van der Waals surface area contributed by atoms with Crippen LogP contribution >= 0.6 is 11.8 Å². The molecule has 1 atom stereocenters. The molecule has 1 unspecified atom stereocenters. The van der Waals surface area contributed by atoms with E-state index in [0.29, 0.717) is 5.92 Å². The van der Waals surface area contributed by atoms with E-state index in [9.17, 15) is 4.79 Å². The molecule has 0 aliphatic carbocycles. The lowest BCUT2D eigenvalue weighted by Gasteiger charge is -2.11. The fraction of sp³-hybridized carbons (Fsp3) is 0.857. The highest BCUT2D eigenvalue weighted by Crippen LogP contribution is 2.12. The summed E-state index contributed by atoms with van der Waals surface area (Å²) in [6.45, 7) is 4.14. The highest BCUT2D eigenvalue weighted by atomic mass is 32.2. The van der Waals surface area contributed by atoms with Gasteiger partial charge in [0.15, 0.2) is 5.37 Å². The molecule has 4 heteroatoms. The SMILES string of the molecule is CNC(SCC(C)C)C(=O)O. The summed E-state index contributed by atoms with van der Waals surface area (Å²) in [7, 11) is 1.66. The summed E-state index contributed by atoms with van der Waals surface area (Å²) in [6.07, 6.45) is 0. The fourth-order valence-electron chi connectivity index (χ4n) is 0.567. The topological polar surface area (TPSA) is 49.3 Å². The summed E-state index contributed by atoms with van der Waals surface area (Å²) in [5, 5.41) is 10.9. The van der Waals surface area contributed by atoms with E-state index in [2.05, 4.69) is 19.2 Å². The Morgan fingerprint density at radius 3 is 2.45 bits per heavy atom. The normalized spacial score (nSPS) is 13.5. The molecule has 0 aromatic rings. The van der Waals surface area contributed by atoms with Crippen LogP contribution < -0.4 is 5.32 Å². The minimum Gasteiger partial charge on any atom is -0.479 e. The Balaban J connectivity index is 3.61. The van der Waals surface area contributed by atoms with Crippen molar-refractivity contribution in [2.24, 2.45) is 5.92 Å². The van der Waals surface area contributed by atoms with Gasteiger partial charge in [-0.2, -0.15) is 0 Å². The molecule has 0 aromatic heterocycles. The number of rotatable bonds is 5. The first kappa shape index (κ1) is 10.8. The Morgan fingerprint density at radius 1 is 1.64 bits per heavy atom. The number of hydrogen-bond acceptors (Lipinski definition) is 3. The largest absolute Gasteiger partial charge is 0.479 e. The van der Waals surface area contributed by atoms with Crippen LogP contribution in [0.15, 0.2) is 0 Å². The van der Waals surface area contributed by atoms with E-state index < -0.39 is 11.3 Å². The van der Waals surface area contributed by atoms with E-state index in [1.807, 2.05) is 0 Å². The van der Waals surface area contributed by atoms with Crippen molar-refractivity contribution in [2.75, 3.05) is 12.8 Å². The maximum Gasteiger partial charge on any atom is 0.331 e. The predicted octanol–water partition coefficient (Wildman–Crippen LogP) is 1.01. The second-order valence-electron chi connectivity index (χ2n) is 2.73. The van der Waals surface area contributed by atoms with Crippen LogP contribution in [-0.4, -0.2) is 29.3 Å². The molecule has 0 bridgehead atoms. The number of thioether (sulfide) groups is 1. The zero-order chi connectivity index (χ0) is 8.85. The zero-order valence-electron chi connectivity index (χ0n) is 7.13. The van der Waals surface area contributed by atoms with Crippen molar-refractivity contribution in [3.63, 3.8) is 0 Å². The minimum atomic E-state index is -0.793. The van der Waals surface area contributed by atoms with Crippen LogP contribution in [0.2, 0.25) is 0 Å². The number of carboxylic acid groups (broad SMARTS) is 1. The van der Waals surface area contributed by atoms with E-state index in [-0.39, 0.29) is 0 Å². The van der Waals surface area contributed by atoms with Crippen LogP contribution in [0.25, 0.3) is 0 Å². The summed E-state index contributed by atoms with van der Waals surface area (Å²) in [4.78, 5) is 10.5. The van der Waals surface area contributed by atoms with Crippen LogP contribution in [0.1, 0.15) is 13.8 Å². The lowest BCUT2D eigenvalue weighted by Crippen LogP contribution is -2.31. The summed E-state index contributed by atoms with van der Waals surface area (Å²) in [5.74, 6) is 0.617. The standard InChI is InChI=1S/C7H15NO2S/c1-5(2)4-11-6(8-3)7(9)10/h5-6,8H,4H2,1-3H3,(H,9,10). The Bertz CT molecular complexity index is 128. The van der Waals surface area contributed by atoms with Gasteiger partial charge in [0, 0.05) is 0 Å². The third-order valence-electron chi connectivity index (χ3n) is 1.08. The molecule has 0 saturated carbocycles. The molecule has 0 aliphatic rings. The molecule has 0 amide bonds. The van der Waals surface area contributed by atoms with Gasteiger partial charge in [0.25, 0.3) is 0 Å². The third kappa shape index (κ3) is 5.09. The van der Waals surface area contributed by atoms with Crippen molar-refractivity contribution >= 4 is 17.7 Å². The Hall–Kier alpha value is -0.220. The maximum absolute atomic E-state index is 10.5. The van der Waals surface area contributed by atoms with Crippen LogP contribution in [0, 0.1) is 5.92 Å². The van der Waals surface area contributed by atoms with Gasteiger partial charge in [-0.05, 0) is 18.7 Å². The number of aliphatic carboxylic acids is 1. The number of carboxylic acids is 1. The number of carbonyl (C=O) groups is 1. The van der Waals surface area contributed by atoms with E-state index >= 15 is 0 Å². The molecule has 0 spiro atoms. The van der Waals surface area contributed by atoms with Crippen LogP contribution in [-0.2, 0) is 4.79 Å². The molecule has 3 nitrogen and oxygen atoms in total. The molecule has 0 fully saturated rings. The van der Waals surface area contributed by atoms with Gasteiger partial charge in [0.1, 0.15) is 0 Å². The van der Waals surface area contributed by atoms with Crippen molar-refractivity contribution in [3.05, 3.63) is 0 Å². The molecule has 0 heterocycles. The highest BCUT2D eigenvalue weighted by Gasteiger charge is 2.14. The van der Waals surface area contributed by atoms with Gasteiger partial charge < -0.3 is 5.11 Å². The van der Waals surface area contributed by atoms with Gasteiger partial charge in [-0.25, -0.2) is 4.79 Å². The lowest BCUT2D eigenvalue weighted by atomic mass is 10.3. The Morgan fingerprint density at radius 2 is 2.18 bits per heavy atom. The highest BCUT2D eigenvalue weighted by molar-refractivity contribution is 8.00. The fourth-order valence-corrected chi connectivity index (χ4v) is 1.45. The van der Waals surface area contributed by atoms with Crippen molar-refractivity contribution < 1.29 is 9.90 Å². The van der Waals surface area contributed by atoms with Gasteiger partial charge in [0.05, 0.1) is 0 Å². The van der Waals surface area contributed by atoms with Crippen molar-refractivity contribution in [1.29, 1.82) is 0 Å². The van der Waals surface area contributed by atoms with Crippen LogP contribution in [0.5, 0.6) is 0 Å². The third-order valence-corrected chi connectivity index (χ3v) is 2.71. The summed E-state index contributed by atoms with van der Waals surface area (Å²) < 4.78 is 0. The zero-order valence-corrected chi connectivity index (χ0v) is 7.94. The molecule has 0 radical (unpaired) electrons. The minimum absolute atomic E-state index is 0.461.